The quantitative estimate of drug-likeness (QED) is 0.607. The fraction of sp³-hybridized carbons (Fsp3) is 0.458. The second-order valence-corrected chi connectivity index (χ2v) is 10.4. The van der Waals surface area contributed by atoms with Gasteiger partial charge in [0, 0.05) is 51.4 Å². The molecule has 0 spiro atoms. The SMILES string of the molecule is COc1ccc(CCN2CCN(C(=O)c3cccc(S(=O)(=O)N(C)C(C)C)c3)CC2)cc1. The van der Waals surface area contributed by atoms with Crippen molar-refractivity contribution in [1.82, 2.24) is 14.1 Å². The van der Waals surface area contributed by atoms with E-state index in [-0.39, 0.29) is 16.8 Å². The number of sulfonamides is 1. The lowest BCUT2D eigenvalue weighted by Crippen LogP contribution is -2.49. The Morgan fingerprint density at radius 2 is 1.72 bits per heavy atom. The highest BCUT2D eigenvalue weighted by atomic mass is 32.2. The molecule has 1 aliphatic heterocycles. The van der Waals surface area contributed by atoms with Crippen molar-refractivity contribution in [2.24, 2.45) is 0 Å². The third kappa shape index (κ3) is 5.68. The summed E-state index contributed by atoms with van der Waals surface area (Å²) in [7, 11) is -0.408. The maximum Gasteiger partial charge on any atom is 0.253 e. The van der Waals surface area contributed by atoms with Crippen LogP contribution >= 0.6 is 0 Å². The summed E-state index contributed by atoms with van der Waals surface area (Å²) in [6, 6.07) is 14.3. The zero-order valence-electron chi connectivity index (χ0n) is 19.3. The van der Waals surface area contributed by atoms with Crippen molar-refractivity contribution >= 4 is 15.9 Å². The molecule has 0 bridgehead atoms. The molecule has 0 radical (unpaired) electrons. The van der Waals surface area contributed by atoms with E-state index in [1.807, 2.05) is 30.9 Å². The Hall–Kier alpha value is -2.42. The number of hydrogen-bond acceptors (Lipinski definition) is 5. The van der Waals surface area contributed by atoms with Crippen LogP contribution < -0.4 is 4.74 Å². The van der Waals surface area contributed by atoms with Gasteiger partial charge >= 0.3 is 0 Å². The van der Waals surface area contributed by atoms with Gasteiger partial charge in [-0.25, -0.2) is 8.42 Å². The van der Waals surface area contributed by atoms with E-state index in [2.05, 4.69) is 17.0 Å². The monoisotopic (exact) mass is 459 g/mol. The van der Waals surface area contributed by atoms with Crippen LogP contribution in [0.5, 0.6) is 5.75 Å². The fourth-order valence-corrected chi connectivity index (χ4v) is 5.08. The van der Waals surface area contributed by atoms with Gasteiger partial charge in [-0.05, 0) is 56.2 Å². The normalized spacial score (nSPS) is 15.4. The molecular formula is C24H33N3O4S. The van der Waals surface area contributed by atoms with Gasteiger partial charge in [0.1, 0.15) is 5.75 Å². The van der Waals surface area contributed by atoms with E-state index in [9.17, 15) is 13.2 Å². The third-order valence-electron chi connectivity index (χ3n) is 6.02. The molecule has 2 aromatic rings. The number of hydrogen-bond donors (Lipinski definition) is 0. The van der Waals surface area contributed by atoms with Crippen molar-refractivity contribution in [2.75, 3.05) is 46.9 Å². The number of nitrogens with zero attached hydrogens (tertiary/aromatic N) is 3. The maximum atomic E-state index is 13.0. The van der Waals surface area contributed by atoms with E-state index in [1.165, 1.54) is 15.9 Å². The molecule has 8 heteroatoms. The molecule has 0 aliphatic carbocycles. The zero-order chi connectivity index (χ0) is 23.3. The second-order valence-electron chi connectivity index (χ2n) is 8.37. The van der Waals surface area contributed by atoms with Crippen molar-refractivity contribution in [1.29, 1.82) is 0 Å². The first kappa shape index (κ1) is 24.2. The lowest BCUT2D eigenvalue weighted by molar-refractivity contribution is 0.0638. The van der Waals surface area contributed by atoms with Gasteiger partial charge in [0.15, 0.2) is 0 Å². The van der Waals surface area contributed by atoms with Crippen LogP contribution in [0.4, 0.5) is 0 Å². The van der Waals surface area contributed by atoms with Gasteiger partial charge in [0.25, 0.3) is 5.91 Å². The summed E-state index contributed by atoms with van der Waals surface area (Å²) in [4.78, 5) is 17.3. The standard InChI is InChI=1S/C24H33N3O4S/c1-19(2)25(3)32(29,30)23-7-5-6-21(18-23)24(28)27-16-14-26(15-17-27)13-12-20-8-10-22(31-4)11-9-20/h5-11,18-19H,12-17H2,1-4H3. The van der Waals surface area contributed by atoms with Crippen LogP contribution in [-0.2, 0) is 16.4 Å². The number of amides is 1. The summed E-state index contributed by atoms with van der Waals surface area (Å²) >= 11 is 0. The number of benzene rings is 2. The highest BCUT2D eigenvalue weighted by Gasteiger charge is 2.26. The Balaban J connectivity index is 1.57. The Morgan fingerprint density at radius 1 is 1.06 bits per heavy atom. The molecule has 1 saturated heterocycles. The van der Waals surface area contributed by atoms with Gasteiger partial charge in [0.05, 0.1) is 12.0 Å². The minimum Gasteiger partial charge on any atom is -0.497 e. The first-order valence-electron chi connectivity index (χ1n) is 10.9. The Bertz CT molecular complexity index is 1010. The largest absolute Gasteiger partial charge is 0.497 e. The van der Waals surface area contributed by atoms with E-state index >= 15 is 0 Å². The number of ether oxygens (including phenoxy) is 1. The Kier molecular flexibility index (Phi) is 7.92. The fourth-order valence-electron chi connectivity index (χ4n) is 3.67. The molecule has 7 nitrogen and oxygen atoms in total. The molecule has 1 fully saturated rings. The second kappa shape index (κ2) is 10.5. The van der Waals surface area contributed by atoms with Crippen LogP contribution in [0.1, 0.15) is 29.8 Å². The van der Waals surface area contributed by atoms with Crippen LogP contribution in [0.3, 0.4) is 0 Å². The summed E-state index contributed by atoms with van der Waals surface area (Å²) < 4.78 is 32.1. The van der Waals surface area contributed by atoms with Gasteiger partial charge in [-0.2, -0.15) is 4.31 Å². The summed E-state index contributed by atoms with van der Waals surface area (Å²) in [5.74, 6) is 0.734. The topological polar surface area (TPSA) is 70.2 Å². The molecule has 0 unspecified atom stereocenters. The molecule has 3 rings (SSSR count). The maximum absolute atomic E-state index is 13.0. The molecule has 2 aromatic carbocycles. The lowest BCUT2D eigenvalue weighted by atomic mass is 10.1. The molecule has 0 atom stereocenters. The van der Waals surface area contributed by atoms with Crippen LogP contribution in [0.25, 0.3) is 0 Å². The molecule has 174 valence electrons. The predicted octanol–water partition coefficient (Wildman–Crippen LogP) is 2.72. The summed E-state index contributed by atoms with van der Waals surface area (Å²) in [6.07, 6.45) is 0.946. The Morgan fingerprint density at radius 3 is 2.31 bits per heavy atom. The summed E-state index contributed by atoms with van der Waals surface area (Å²) in [6.45, 7) is 7.44. The van der Waals surface area contributed by atoms with Crippen molar-refractivity contribution < 1.29 is 17.9 Å². The van der Waals surface area contributed by atoms with Crippen molar-refractivity contribution in [3.05, 3.63) is 59.7 Å². The van der Waals surface area contributed by atoms with E-state index in [4.69, 9.17) is 4.74 Å². The van der Waals surface area contributed by atoms with Crippen molar-refractivity contribution in [3.63, 3.8) is 0 Å². The van der Waals surface area contributed by atoms with Gasteiger partial charge in [-0.15, -0.1) is 0 Å². The molecule has 32 heavy (non-hydrogen) atoms. The number of carbonyl (C=O) groups is 1. The molecule has 0 saturated carbocycles. The van der Waals surface area contributed by atoms with Gasteiger partial charge < -0.3 is 9.64 Å². The minimum atomic E-state index is -3.63. The van der Waals surface area contributed by atoms with E-state index in [0.29, 0.717) is 18.7 Å². The lowest BCUT2D eigenvalue weighted by Gasteiger charge is -2.35. The zero-order valence-corrected chi connectivity index (χ0v) is 20.1. The first-order valence-corrected chi connectivity index (χ1v) is 12.4. The predicted molar refractivity (Wildman–Crippen MR) is 126 cm³/mol. The van der Waals surface area contributed by atoms with Crippen molar-refractivity contribution in [3.8, 4) is 5.75 Å². The van der Waals surface area contributed by atoms with Crippen LogP contribution in [-0.4, -0.2) is 81.4 Å². The first-order chi connectivity index (χ1) is 15.2. The summed E-state index contributed by atoms with van der Waals surface area (Å²) in [5.41, 5.74) is 1.67. The molecule has 1 aliphatic rings. The van der Waals surface area contributed by atoms with E-state index in [0.717, 1.165) is 31.8 Å². The Labute approximate surface area is 191 Å². The van der Waals surface area contributed by atoms with Gasteiger partial charge in [-0.3, -0.25) is 9.69 Å². The van der Waals surface area contributed by atoms with Crippen LogP contribution in [0.2, 0.25) is 0 Å². The number of carbonyl (C=O) groups excluding carboxylic acids is 1. The van der Waals surface area contributed by atoms with E-state index < -0.39 is 10.0 Å². The molecule has 1 heterocycles. The molecule has 0 N–H and O–H groups in total. The molecule has 0 aromatic heterocycles. The highest BCUT2D eigenvalue weighted by molar-refractivity contribution is 7.89. The average Bonchev–Trinajstić information content (AvgIpc) is 2.82. The van der Waals surface area contributed by atoms with Crippen LogP contribution in [0.15, 0.2) is 53.4 Å². The van der Waals surface area contributed by atoms with Gasteiger partial charge in [0.2, 0.25) is 10.0 Å². The van der Waals surface area contributed by atoms with E-state index in [1.54, 1.807) is 32.4 Å². The molecule has 1 amide bonds. The van der Waals surface area contributed by atoms with Crippen molar-refractivity contribution in [2.45, 2.75) is 31.2 Å². The van der Waals surface area contributed by atoms with Crippen LogP contribution in [0, 0.1) is 0 Å². The smallest absolute Gasteiger partial charge is 0.253 e. The molecular weight excluding hydrogens is 426 g/mol. The minimum absolute atomic E-state index is 0.121. The number of piperazine rings is 1. The number of methoxy groups -OCH3 is 1. The average molecular weight is 460 g/mol. The third-order valence-corrected chi connectivity index (χ3v) is 8.05. The summed E-state index contributed by atoms with van der Waals surface area (Å²) in [5, 5.41) is 0. The number of rotatable bonds is 8. The van der Waals surface area contributed by atoms with Gasteiger partial charge in [-0.1, -0.05) is 18.2 Å². The highest BCUT2D eigenvalue weighted by Crippen LogP contribution is 2.19.